The molecule has 6 nitrogen and oxygen atoms in total. The van der Waals surface area contributed by atoms with Crippen molar-refractivity contribution in [1.82, 2.24) is 15.8 Å². The normalized spacial score (nSPS) is 19.3. The highest BCUT2D eigenvalue weighted by atomic mass is 19.1. The Bertz CT molecular complexity index is 731. The van der Waals surface area contributed by atoms with E-state index < -0.39 is 0 Å². The number of hydrogen-bond acceptors (Lipinski definition) is 5. The third kappa shape index (κ3) is 4.00. The van der Waals surface area contributed by atoms with Crippen molar-refractivity contribution in [3.05, 3.63) is 54.0 Å². The van der Waals surface area contributed by atoms with Crippen LogP contribution >= 0.6 is 0 Å². The highest BCUT2D eigenvalue weighted by Gasteiger charge is 2.34. The molecular formula is C19H24FN5O. The van der Waals surface area contributed by atoms with Crippen molar-refractivity contribution in [3.8, 4) is 0 Å². The summed E-state index contributed by atoms with van der Waals surface area (Å²) in [5.41, 5.74) is 7.64. The molecule has 1 amide bonds. The van der Waals surface area contributed by atoms with E-state index in [0.29, 0.717) is 12.2 Å². The molecule has 2 atom stereocenters. The van der Waals surface area contributed by atoms with E-state index >= 15 is 0 Å². The lowest BCUT2D eigenvalue weighted by Crippen LogP contribution is -2.29. The van der Waals surface area contributed by atoms with Crippen molar-refractivity contribution in [1.29, 1.82) is 0 Å². The van der Waals surface area contributed by atoms with E-state index in [0.717, 1.165) is 24.5 Å². The number of hydrazine groups is 1. The van der Waals surface area contributed by atoms with Gasteiger partial charge in [0.05, 0.1) is 23.8 Å². The molecule has 0 aliphatic carbocycles. The molecule has 0 saturated carbocycles. The van der Waals surface area contributed by atoms with Crippen LogP contribution in [0.1, 0.15) is 25.5 Å². The molecule has 2 unspecified atom stereocenters. The number of rotatable bonds is 6. The van der Waals surface area contributed by atoms with Crippen LogP contribution in [0.4, 0.5) is 15.9 Å². The molecule has 1 aliphatic rings. The van der Waals surface area contributed by atoms with Gasteiger partial charge in [0.15, 0.2) is 0 Å². The molecule has 26 heavy (non-hydrogen) atoms. The number of nitrogens with zero attached hydrogens (tertiary/aromatic N) is 2. The fraction of sp³-hybridized carbons (Fsp3) is 0.368. The van der Waals surface area contributed by atoms with Crippen LogP contribution in [0.2, 0.25) is 0 Å². The van der Waals surface area contributed by atoms with Gasteiger partial charge in [-0.2, -0.15) is 0 Å². The molecule has 138 valence electrons. The molecule has 0 bridgehead atoms. The second-order valence-corrected chi connectivity index (χ2v) is 6.23. The molecule has 1 aromatic carbocycles. The summed E-state index contributed by atoms with van der Waals surface area (Å²) in [4.78, 5) is 19.3. The number of pyridine rings is 1. The van der Waals surface area contributed by atoms with Crippen LogP contribution in [0.15, 0.2) is 42.6 Å². The Hall–Kier alpha value is -2.51. The predicted octanol–water partition coefficient (Wildman–Crippen LogP) is 2.47. The van der Waals surface area contributed by atoms with Crippen LogP contribution in [-0.4, -0.2) is 30.5 Å². The first-order valence-electron chi connectivity index (χ1n) is 8.88. The van der Waals surface area contributed by atoms with Crippen molar-refractivity contribution >= 4 is 17.4 Å². The zero-order valence-corrected chi connectivity index (χ0v) is 15.0. The highest BCUT2D eigenvalue weighted by Crippen LogP contribution is 2.26. The fourth-order valence-electron chi connectivity index (χ4n) is 3.16. The minimum Gasteiger partial charge on any atom is -0.357 e. The summed E-state index contributed by atoms with van der Waals surface area (Å²) in [7, 11) is 0. The fourth-order valence-corrected chi connectivity index (χ4v) is 3.16. The zero-order chi connectivity index (χ0) is 18.5. The second-order valence-electron chi connectivity index (χ2n) is 6.23. The number of benzene rings is 1. The van der Waals surface area contributed by atoms with Gasteiger partial charge in [0, 0.05) is 19.6 Å². The molecular weight excluding hydrogens is 333 g/mol. The largest absolute Gasteiger partial charge is 0.357 e. The van der Waals surface area contributed by atoms with Crippen molar-refractivity contribution < 1.29 is 9.18 Å². The molecule has 2 heterocycles. The Morgan fingerprint density at radius 1 is 1.23 bits per heavy atom. The number of nitrogens with one attached hydrogen (secondary N) is 3. The Balaban J connectivity index is 1.68. The summed E-state index contributed by atoms with van der Waals surface area (Å²) < 4.78 is 13.1. The Kier molecular flexibility index (Phi) is 5.80. The van der Waals surface area contributed by atoms with Crippen LogP contribution in [-0.2, 0) is 4.79 Å². The van der Waals surface area contributed by atoms with Gasteiger partial charge < -0.3 is 10.2 Å². The van der Waals surface area contributed by atoms with Gasteiger partial charge in [0.2, 0.25) is 5.91 Å². The van der Waals surface area contributed by atoms with Gasteiger partial charge in [-0.15, -0.1) is 0 Å². The van der Waals surface area contributed by atoms with E-state index in [1.807, 2.05) is 12.1 Å². The van der Waals surface area contributed by atoms with Crippen molar-refractivity contribution in [3.63, 3.8) is 0 Å². The monoisotopic (exact) mass is 357 g/mol. The van der Waals surface area contributed by atoms with E-state index in [1.54, 1.807) is 18.3 Å². The van der Waals surface area contributed by atoms with Gasteiger partial charge in [-0.1, -0.05) is 12.1 Å². The molecule has 0 radical (unpaired) electrons. The molecule has 1 aliphatic heterocycles. The molecule has 3 N–H and O–H groups in total. The van der Waals surface area contributed by atoms with E-state index in [2.05, 4.69) is 39.9 Å². The predicted molar refractivity (Wildman–Crippen MR) is 100 cm³/mol. The zero-order valence-electron chi connectivity index (χ0n) is 15.0. The first-order valence-corrected chi connectivity index (χ1v) is 8.88. The Labute approximate surface area is 152 Å². The third-order valence-electron chi connectivity index (χ3n) is 4.65. The maximum atomic E-state index is 13.1. The minimum atomic E-state index is -0.303. The number of carbonyl (C=O) groups is 1. The number of anilines is 2. The Morgan fingerprint density at radius 2 is 1.96 bits per heavy atom. The highest BCUT2D eigenvalue weighted by molar-refractivity contribution is 5.93. The van der Waals surface area contributed by atoms with E-state index in [9.17, 15) is 9.18 Å². The smallest absolute Gasteiger partial charge is 0.230 e. The van der Waals surface area contributed by atoms with Gasteiger partial charge >= 0.3 is 0 Å². The van der Waals surface area contributed by atoms with Crippen molar-refractivity contribution in [2.45, 2.75) is 19.9 Å². The van der Waals surface area contributed by atoms with Crippen molar-refractivity contribution in [2.24, 2.45) is 5.92 Å². The molecule has 0 spiro atoms. The maximum absolute atomic E-state index is 13.1. The second kappa shape index (κ2) is 8.25. The molecule has 1 saturated heterocycles. The van der Waals surface area contributed by atoms with E-state index in [1.165, 1.54) is 12.1 Å². The van der Waals surface area contributed by atoms with Crippen LogP contribution in [0.3, 0.4) is 0 Å². The summed E-state index contributed by atoms with van der Waals surface area (Å²) in [6.07, 6.45) is 1.67. The van der Waals surface area contributed by atoms with Gasteiger partial charge in [-0.3, -0.25) is 10.2 Å². The molecule has 1 aromatic heterocycles. The van der Waals surface area contributed by atoms with E-state index in [4.69, 9.17) is 0 Å². The first kappa shape index (κ1) is 18.3. The van der Waals surface area contributed by atoms with E-state index in [-0.39, 0.29) is 23.7 Å². The topological polar surface area (TPSA) is 69.3 Å². The summed E-state index contributed by atoms with van der Waals surface area (Å²) in [5, 5.41) is 2.92. The lowest BCUT2D eigenvalue weighted by atomic mass is 9.94. The van der Waals surface area contributed by atoms with Gasteiger partial charge in [0.25, 0.3) is 0 Å². The lowest BCUT2D eigenvalue weighted by molar-refractivity contribution is -0.119. The lowest BCUT2D eigenvalue weighted by Gasteiger charge is -2.20. The quantitative estimate of drug-likeness (QED) is 0.741. The average Bonchev–Trinajstić information content (AvgIpc) is 3.14. The molecule has 3 rings (SSSR count). The summed E-state index contributed by atoms with van der Waals surface area (Å²) in [6.45, 7) is 6.42. The summed E-state index contributed by atoms with van der Waals surface area (Å²) in [5.74, 6) is 0.193. The summed E-state index contributed by atoms with van der Waals surface area (Å²) >= 11 is 0. The van der Waals surface area contributed by atoms with Crippen molar-refractivity contribution in [2.75, 3.05) is 29.9 Å². The SMILES string of the molecule is CCN(CC)c1ccc(NC(=O)C2CNNC2c2ccc(F)cc2)cn1. The summed E-state index contributed by atoms with van der Waals surface area (Å²) in [6, 6.07) is 9.76. The number of amides is 1. The van der Waals surface area contributed by atoms with Crippen LogP contribution < -0.4 is 21.1 Å². The Morgan fingerprint density at radius 3 is 2.58 bits per heavy atom. The average molecular weight is 357 g/mol. The first-order chi connectivity index (χ1) is 12.6. The molecule has 7 heteroatoms. The third-order valence-corrected chi connectivity index (χ3v) is 4.65. The van der Waals surface area contributed by atoms with Gasteiger partial charge in [-0.25, -0.2) is 14.8 Å². The van der Waals surface area contributed by atoms with Crippen LogP contribution in [0, 0.1) is 11.7 Å². The number of aromatic nitrogens is 1. The number of halogens is 1. The minimum absolute atomic E-state index is 0.103. The van der Waals surface area contributed by atoms with Gasteiger partial charge in [-0.05, 0) is 43.7 Å². The number of carbonyl (C=O) groups excluding carboxylic acids is 1. The molecule has 1 fully saturated rings. The van der Waals surface area contributed by atoms with Gasteiger partial charge in [0.1, 0.15) is 11.6 Å². The molecule has 2 aromatic rings. The van der Waals surface area contributed by atoms with Crippen LogP contribution in [0.5, 0.6) is 0 Å². The number of hydrogen-bond donors (Lipinski definition) is 3. The van der Waals surface area contributed by atoms with Crippen LogP contribution in [0.25, 0.3) is 0 Å². The standard InChI is InChI=1S/C19H24FN5O/c1-3-25(4-2)17-10-9-15(11-21-17)23-19(26)16-12-22-24-18(16)13-5-7-14(20)8-6-13/h5-11,16,18,22,24H,3-4,12H2,1-2H3,(H,23,26). The maximum Gasteiger partial charge on any atom is 0.230 e.